The summed E-state index contributed by atoms with van der Waals surface area (Å²) in [5.41, 5.74) is 1.94. The van der Waals surface area contributed by atoms with Crippen molar-refractivity contribution in [2.75, 3.05) is 6.61 Å². The molecular weight excluding hydrogens is 176 g/mol. The molecule has 2 heteroatoms. The second-order valence-electron chi connectivity index (χ2n) is 3.49. The topological polar surface area (TPSA) is 29.5 Å². The standard InChI is InChI=1S/C12H14O2/c1-2-4-9-7-11(13)10-5-3-6-14-12(10)8-9/h3,5,7-8,13H,2,4,6H2,1H3. The van der Waals surface area contributed by atoms with E-state index in [0.29, 0.717) is 12.4 Å². The molecule has 1 aliphatic rings. The van der Waals surface area contributed by atoms with Gasteiger partial charge >= 0.3 is 0 Å². The van der Waals surface area contributed by atoms with Crippen LogP contribution >= 0.6 is 0 Å². The molecule has 0 spiro atoms. The predicted molar refractivity (Wildman–Crippen MR) is 56.6 cm³/mol. The Kier molecular flexibility index (Phi) is 2.44. The highest BCUT2D eigenvalue weighted by molar-refractivity contribution is 5.66. The Bertz CT molecular complexity index is 367. The van der Waals surface area contributed by atoms with Gasteiger partial charge < -0.3 is 9.84 Å². The van der Waals surface area contributed by atoms with Gasteiger partial charge in [0.05, 0.1) is 5.56 Å². The summed E-state index contributed by atoms with van der Waals surface area (Å²) in [4.78, 5) is 0. The molecule has 0 radical (unpaired) electrons. The lowest BCUT2D eigenvalue weighted by molar-refractivity contribution is 0.354. The van der Waals surface area contributed by atoms with Gasteiger partial charge in [-0.25, -0.2) is 0 Å². The molecule has 0 unspecified atom stereocenters. The van der Waals surface area contributed by atoms with Gasteiger partial charge in [-0.3, -0.25) is 0 Å². The third-order valence-corrected chi connectivity index (χ3v) is 2.34. The number of aryl methyl sites for hydroxylation is 1. The summed E-state index contributed by atoms with van der Waals surface area (Å²) in [6, 6.07) is 3.84. The average Bonchev–Trinajstić information content (AvgIpc) is 2.18. The molecule has 0 saturated carbocycles. The normalized spacial score (nSPS) is 13.5. The van der Waals surface area contributed by atoms with E-state index in [1.165, 1.54) is 0 Å². The van der Waals surface area contributed by atoms with Crippen LogP contribution in [0.1, 0.15) is 24.5 Å². The third-order valence-electron chi connectivity index (χ3n) is 2.34. The number of fused-ring (bicyclic) bond motifs is 1. The van der Waals surface area contributed by atoms with Crippen LogP contribution in [-0.2, 0) is 6.42 Å². The first-order valence-electron chi connectivity index (χ1n) is 4.96. The van der Waals surface area contributed by atoms with Crippen molar-refractivity contribution in [2.45, 2.75) is 19.8 Å². The van der Waals surface area contributed by atoms with Crippen LogP contribution in [0.4, 0.5) is 0 Å². The zero-order chi connectivity index (χ0) is 9.97. The summed E-state index contributed by atoms with van der Waals surface area (Å²) in [5.74, 6) is 1.12. The van der Waals surface area contributed by atoms with E-state index in [1.54, 1.807) is 0 Å². The van der Waals surface area contributed by atoms with Crippen LogP contribution in [0.25, 0.3) is 6.08 Å². The average molecular weight is 190 g/mol. The second kappa shape index (κ2) is 3.74. The van der Waals surface area contributed by atoms with E-state index < -0.39 is 0 Å². The monoisotopic (exact) mass is 190 g/mol. The lowest BCUT2D eigenvalue weighted by Gasteiger charge is -2.15. The van der Waals surface area contributed by atoms with Crippen molar-refractivity contribution in [3.05, 3.63) is 29.3 Å². The lowest BCUT2D eigenvalue weighted by atomic mass is 10.0. The van der Waals surface area contributed by atoms with Gasteiger partial charge in [0.2, 0.25) is 0 Å². The number of benzene rings is 1. The number of rotatable bonds is 2. The minimum absolute atomic E-state index is 0.321. The molecule has 1 N–H and O–H groups in total. The molecule has 0 amide bonds. The number of hydrogen-bond donors (Lipinski definition) is 1. The summed E-state index contributed by atoms with van der Waals surface area (Å²) in [6.07, 6.45) is 5.87. The minimum Gasteiger partial charge on any atom is -0.507 e. The van der Waals surface area contributed by atoms with Crippen LogP contribution in [0.3, 0.4) is 0 Å². The number of hydrogen-bond acceptors (Lipinski definition) is 2. The van der Waals surface area contributed by atoms with E-state index in [1.807, 2.05) is 24.3 Å². The van der Waals surface area contributed by atoms with E-state index in [2.05, 4.69) is 6.92 Å². The zero-order valence-electron chi connectivity index (χ0n) is 8.29. The number of phenols is 1. The van der Waals surface area contributed by atoms with Gasteiger partial charge in [-0.2, -0.15) is 0 Å². The quantitative estimate of drug-likeness (QED) is 0.777. The van der Waals surface area contributed by atoms with Crippen LogP contribution in [0, 0.1) is 0 Å². The molecule has 0 saturated heterocycles. The minimum atomic E-state index is 0.321. The molecule has 14 heavy (non-hydrogen) atoms. The highest BCUT2D eigenvalue weighted by atomic mass is 16.5. The van der Waals surface area contributed by atoms with Gasteiger partial charge in [-0.05, 0) is 36.3 Å². The van der Waals surface area contributed by atoms with Crippen molar-refractivity contribution in [1.29, 1.82) is 0 Å². The van der Waals surface area contributed by atoms with Crippen LogP contribution in [0.15, 0.2) is 18.2 Å². The maximum atomic E-state index is 9.73. The summed E-state index contributed by atoms with van der Waals surface area (Å²) >= 11 is 0. The van der Waals surface area contributed by atoms with E-state index in [4.69, 9.17) is 4.74 Å². The molecule has 0 bridgehead atoms. The predicted octanol–water partition coefficient (Wildman–Crippen LogP) is 2.75. The van der Waals surface area contributed by atoms with Crippen LogP contribution in [-0.4, -0.2) is 11.7 Å². The van der Waals surface area contributed by atoms with Crippen LogP contribution in [0.5, 0.6) is 11.5 Å². The second-order valence-corrected chi connectivity index (χ2v) is 3.49. The zero-order valence-corrected chi connectivity index (χ0v) is 8.29. The number of ether oxygens (including phenoxy) is 1. The van der Waals surface area contributed by atoms with Crippen molar-refractivity contribution in [1.82, 2.24) is 0 Å². The Morgan fingerprint density at radius 2 is 2.29 bits per heavy atom. The molecule has 2 rings (SSSR count). The Hall–Kier alpha value is -1.44. The first kappa shape index (κ1) is 9.13. The molecule has 0 fully saturated rings. The molecule has 1 heterocycles. The van der Waals surface area contributed by atoms with Gasteiger partial charge in [-0.15, -0.1) is 0 Å². The van der Waals surface area contributed by atoms with Crippen LogP contribution < -0.4 is 4.74 Å². The molecule has 0 aromatic heterocycles. The Morgan fingerprint density at radius 1 is 1.43 bits per heavy atom. The summed E-state index contributed by atoms with van der Waals surface area (Å²) < 4.78 is 5.44. The SMILES string of the molecule is CCCc1cc(O)c2c(c1)OCC=C2. The molecule has 0 aliphatic carbocycles. The first-order chi connectivity index (χ1) is 6.81. The third kappa shape index (κ3) is 1.60. The van der Waals surface area contributed by atoms with Crippen molar-refractivity contribution >= 4 is 6.08 Å². The van der Waals surface area contributed by atoms with E-state index in [0.717, 1.165) is 29.7 Å². The van der Waals surface area contributed by atoms with Gasteiger partial charge in [-0.1, -0.05) is 13.3 Å². The van der Waals surface area contributed by atoms with Gasteiger partial charge in [0.25, 0.3) is 0 Å². The van der Waals surface area contributed by atoms with E-state index in [9.17, 15) is 5.11 Å². The molecule has 2 nitrogen and oxygen atoms in total. The largest absolute Gasteiger partial charge is 0.507 e. The van der Waals surface area contributed by atoms with Gasteiger partial charge in [0.1, 0.15) is 18.1 Å². The molecule has 1 aromatic rings. The highest BCUT2D eigenvalue weighted by Crippen LogP contribution is 2.33. The molecule has 1 aromatic carbocycles. The van der Waals surface area contributed by atoms with E-state index in [-0.39, 0.29) is 0 Å². The van der Waals surface area contributed by atoms with Crippen molar-refractivity contribution < 1.29 is 9.84 Å². The fourth-order valence-electron chi connectivity index (χ4n) is 1.69. The van der Waals surface area contributed by atoms with Crippen molar-refractivity contribution in [3.63, 3.8) is 0 Å². The summed E-state index contributed by atoms with van der Waals surface area (Å²) in [7, 11) is 0. The van der Waals surface area contributed by atoms with Crippen LogP contribution in [0.2, 0.25) is 0 Å². The van der Waals surface area contributed by atoms with Gasteiger partial charge in [0.15, 0.2) is 0 Å². The van der Waals surface area contributed by atoms with Crippen molar-refractivity contribution in [3.8, 4) is 11.5 Å². The molecule has 0 atom stereocenters. The smallest absolute Gasteiger partial charge is 0.130 e. The summed E-state index contributed by atoms with van der Waals surface area (Å²) in [5, 5.41) is 9.73. The number of phenolic OH excluding ortho intramolecular Hbond substituents is 1. The Labute approximate surface area is 83.8 Å². The fourth-order valence-corrected chi connectivity index (χ4v) is 1.69. The molecular formula is C12H14O2. The maximum absolute atomic E-state index is 9.73. The number of aromatic hydroxyl groups is 1. The van der Waals surface area contributed by atoms with Gasteiger partial charge in [0, 0.05) is 0 Å². The first-order valence-corrected chi connectivity index (χ1v) is 4.96. The van der Waals surface area contributed by atoms with Crippen molar-refractivity contribution in [2.24, 2.45) is 0 Å². The highest BCUT2D eigenvalue weighted by Gasteiger charge is 2.11. The molecule has 74 valence electrons. The van der Waals surface area contributed by atoms with E-state index >= 15 is 0 Å². The maximum Gasteiger partial charge on any atom is 0.130 e. The fraction of sp³-hybridized carbons (Fsp3) is 0.333. The lowest BCUT2D eigenvalue weighted by Crippen LogP contribution is -2.01. The Morgan fingerprint density at radius 3 is 3.07 bits per heavy atom. The Balaban J connectivity index is 2.42. The molecule has 1 aliphatic heterocycles. The summed E-state index contributed by atoms with van der Waals surface area (Å²) in [6.45, 7) is 2.72.